The third-order valence-corrected chi connectivity index (χ3v) is 5.47. The molecule has 1 saturated heterocycles. The van der Waals surface area contributed by atoms with Crippen molar-refractivity contribution in [3.63, 3.8) is 0 Å². The molecule has 1 aromatic heterocycles. The van der Waals surface area contributed by atoms with Gasteiger partial charge in [0.1, 0.15) is 5.82 Å². The summed E-state index contributed by atoms with van der Waals surface area (Å²) in [5.41, 5.74) is 2.15. The van der Waals surface area contributed by atoms with Gasteiger partial charge in [0.05, 0.1) is 6.20 Å². The number of nitrogens with zero attached hydrogens (tertiary/aromatic N) is 4. The number of aromatic nitrogens is 2. The van der Waals surface area contributed by atoms with E-state index in [2.05, 4.69) is 30.0 Å². The van der Waals surface area contributed by atoms with Gasteiger partial charge >= 0.3 is 0 Å². The Kier molecular flexibility index (Phi) is 6.83. The van der Waals surface area contributed by atoms with Crippen molar-refractivity contribution in [2.24, 2.45) is 5.92 Å². The second kappa shape index (κ2) is 9.32. The van der Waals surface area contributed by atoms with E-state index in [0.29, 0.717) is 18.9 Å². The van der Waals surface area contributed by atoms with Crippen LogP contribution in [0.25, 0.3) is 0 Å². The lowest BCUT2D eigenvalue weighted by Crippen LogP contribution is -2.46. The molecule has 152 valence electrons. The minimum absolute atomic E-state index is 0.159. The van der Waals surface area contributed by atoms with Crippen LogP contribution in [-0.2, 0) is 17.9 Å². The molecule has 3 rings (SSSR count). The van der Waals surface area contributed by atoms with Gasteiger partial charge in [-0.25, -0.2) is 4.39 Å². The first-order valence-corrected chi connectivity index (χ1v) is 10.2. The molecular weight excluding hydrogens is 355 g/mol. The molecule has 28 heavy (non-hydrogen) atoms. The number of rotatable bonds is 7. The zero-order valence-electron chi connectivity index (χ0n) is 17.1. The standard InChI is InChI=1S/C22H31FN4O/c1-17(2)21-16-25(10-4-11-26-14-18(3)13-24-26)12-9-22(28)27(21)15-19-5-7-20(23)8-6-19/h5-8,13-14,17,21H,4,9-12,15-16H2,1-3H3. The molecule has 2 aromatic rings. The van der Waals surface area contributed by atoms with Crippen LogP contribution in [0, 0.1) is 18.7 Å². The van der Waals surface area contributed by atoms with Crippen molar-refractivity contribution in [3.05, 3.63) is 53.6 Å². The first kappa shape index (κ1) is 20.5. The van der Waals surface area contributed by atoms with Crippen molar-refractivity contribution in [1.82, 2.24) is 19.6 Å². The first-order chi connectivity index (χ1) is 13.4. The summed E-state index contributed by atoms with van der Waals surface area (Å²) < 4.78 is 15.2. The van der Waals surface area contributed by atoms with Gasteiger partial charge < -0.3 is 9.80 Å². The lowest BCUT2D eigenvalue weighted by Gasteiger charge is -2.35. The number of aryl methyl sites for hydroxylation is 2. The first-order valence-electron chi connectivity index (χ1n) is 10.2. The minimum atomic E-state index is -0.245. The van der Waals surface area contributed by atoms with E-state index < -0.39 is 0 Å². The molecule has 2 heterocycles. The Balaban J connectivity index is 1.62. The number of carbonyl (C=O) groups is 1. The number of hydrogen-bond donors (Lipinski definition) is 0. The molecule has 0 radical (unpaired) electrons. The second-order valence-electron chi connectivity index (χ2n) is 8.14. The van der Waals surface area contributed by atoms with Gasteiger partial charge in [-0.1, -0.05) is 26.0 Å². The molecule has 0 spiro atoms. The molecule has 1 atom stereocenters. The molecule has 0 bridgehead atoms. The predicted molar refractivity (Wildman–Crippen MR) is 108 cm³/mol. The van der Waals surface area contributed by atoms with Crippen LogP contribution in [0.3, 0.4) is 0 Å². The van der Waals surface area contributed by atoms with Crippen LogP contribution in [-0.4, -0.2) is 51.2 Å². The maximum absolute atomic E-state index is 13.2. The maximum Gasteiger partial charge on any atom is 0.224 e. The Hall–Kier alpha value is -2.21. The summed E-state index contributed by atoms with van der Waals surface area (Å²) >= 11 is 0. The van der Waals surface area contributed by atoms with Crippen molar-refractivity contribution in [3.8, 4) is 0 Å². The quantitative estimate of drug-likeness (QED) is 0.732. The van der Waals surface area contributed by atoms with E-state index >= 15 is 0 Å². The minimum Gasteiger partial charge on any atom is -0.334 e. The van der Waals surface area contributed by atoms with Gasteiger partial charge in [0.25, 0.3) is 0 Å². The van der Waals surface area contributed by atoms with Crippen LogP contribution in [0.5, 0.6) is 0 Å². The molecule has 1 aliphatic heterocycles. The highest BCUT2D eigenvalue weighted by atomic mass is 19.1. The molecule has 0 N–H and O–H groups in total. The van der Waals surface area contributed by atoms with Gasteiger partial charge in [-0.05, 0) is 49.1 Å². The average Bonchev–Trinajstić information content (AvgIpc) is 3.00. The van der Waals surface area contributed by atoms with E-state index in [1.165, 1.54) is 17.7 Å². The topological polar surface area (TPSA) is 41.4 Å². The van der Waals surface area contributed by atoms with Gasteiger partial charge in [0.2, 0.25) is 5.91 Å². The monoisotopic (exact) mass is 386 g/mol. The summed E-state index contributed by atoms with van der Waals surface area (Å²) in [5.74, 6) is 0.303. The Morgan fingerprint density at radius 1 is 1.21 bits per heavy atom. The predicted octanol–water partition coefficient (Wildman–Crippen LogP) is 3.48. The van der Waals surface area contributed by atoms with Gasteiger partial charge in [-0.15, -0.1) is 0 Å². The van der Waals surface area contributed by atoms with E-state index in [-0.39, 0.29) is 17.8 Å². The Morgan fingerprint density at radius 3 is 2.61 bits per heavy atom. The number of halogens is 1. The third kappa shape index (κ3) is 5.41. The number of hydrogen-bond acceptors (Lipinski definition) is 3. The van der Waals surface area contributed by atoms with Crippen LogP contribution in [0.4, 0.5) is 4.39 Å². The van der Waals surface area contributed by atoms with Crippen LogP contribution in [0.2, 0.25) is 0 Å². The van der Waals surface area contributed by atoms with Crippen molar-refractivity contribution in [1.29, 1.82) is 0 Å². The summed E-state index contributed by atoms with van der Waals surface area (Å²) in [6.07, 6.45) is 5.49. The average molecular weight is 387 g/mol. The molecule has 1 unspecified atom stereocenters. The Labute approximate surface area is 167 Å². The summed E-state index contributed by atoms with van der Waals surface area (Å²) in [7, 11) is 0. The Morgan fingerprint density at radius 2 is 1.96 bits per heavy atom. The van der Waals surface area contributed by atoms with E-state index in [0.717, 1.165) is 38.2 Å². The summed E-state index contributed by atoms with van der Waals surface area (Å²) in [6.45, 7) is 10.5. The van der Waals surface area contributed by atoms with Crippen molar-refractivity contribution >= 4 is 5.91 Å². The fourth-order valence-electron chi connectivity index (χ4n) is 3.85. The number of carbonyl (C=O) groups excluding carboxylic acids is 1. The zero-order valence-corrected chi connectivity index (χ0v) is 17.1. The number of amides is 1. The number of benzene rings is 1. The molecular formula is C22H31FN4O. The van der Waals surface area contributed by atoms with Crippen LogP contribution in [0.15, 0.2) is 36.7 Å². The fourth-order valence-corrected chi connectivity index (χ4v) is 3.85. The molecule has 6 heteroatoms. The third-order valence-electron chi connectivity index (χ3n) is 5.47. The van der Waals surface area contributed by atoms with Gasteiger partial charge in [-0.2, -0.15) is 5.10 Å². The summed E-state index contributed by atoms with van der Waals surface area (Å²) in [4.78, 5) is 17.3. The van der Waals surface area contributed by atoms with Crippen LogP contribution >= 0.6 is 0 Å². The van der Waals surface area contributed by atoms with Gasteiger partial charge in [-0.3, -0.25) is 9.48 Å². The van der Waals surface area contributed by atoms with Crippen LogP contribution < -0.4 is 0 Å². The van der Waals surface area contributed by atoms with E-state index in [1.54, 1.807) is 12.1 Å². The van der Waals surface area contributed by atoms with Gasteiger partial charge in [0, 0.05) is 44.8 Å². The second-order valence-corrected chi connectivity index (χ2v) is 8.14. The Bertz CT molecular complexity index is 771. The maximum atomic E-state index is 13.2. The SMILES string of the molecule is Cc1cnn(CCCN2CCC(=O)N(Cc3ccc(F)cc3)C(C(C)C)C2)c1. The van der Waals surface area contributed by atoms with Crippen molar-refractivity contribution in [2.45, 2.75) is 52.7 Å². The molecule has 1 fully saturated rings. The highest BCUT2D eigenvalue weighted by Gasteiger charge is 2.31. The van der Waals surface area contributed by atoms with E-state index in [9.17, 15) is 9.18 Å². The largest absolute Gasteiger partial charge is 0.334 e. The molecule has 0 aliphatic carbocycles. The van der Waals surface area contributed by atoms with E-state index in [4.69, 9.17) is 0 Å². The molecule has 1 aromatic carbocycles. The van der Waals surface area contributed by atoms with Gasteiger partial charge in [0.15, 0.2) is 0 Å². The van der Waals surface area contributed by atoms with Crippen molar-refractivity contribution < 1.29 is 9.18 Å². The van der Waals surface area contributed by atoms with Crippen molar-refractivity contribution in [2.75, 3.05) is 19.6 Å². The zero-order chi connectivity index (χ0) is 20.1. The summed E-state index contributed by atoms with van der Waals surface area (Å²) in [5, 5.41) is 4.35. The van der Waals surface area contributed by atoms with E-state index in [1.807, 2.05) is 22.7 Å². The highest BCUT2D eigenvalue weighted by Crippen LogP contribution is 2.21. The molecule has 0 saturated carbocycles. The lowest BCUT2D eigenvalue weighted by molar-refractivity contribution is -0.134. The van der Waals surface area contributed by atoms with Crippen LogP contribution in [0.1, 0.15) is 37.8 Å². The normalized spacial score (nSPS) is 18.7. The smallest absolute Gasteiger partial charge is 0.224 e. The molecule has 1 aliphatic rings. The highest BCUT2D eigenvalue weighted by molar-refractivity contribution is 5.77. The fraction of sp³-hybridized carbons (Fsp3) is 0.545. The molecule has 5 nitrogen and oxygen atoms in total. The lowest BCUT2D eigenvalue weighted by atomic mass is 10.0. The summed E-state index contributed by atoms with van der Waals surface area (Å²) in [6, 6.07) is 6.63. The molecule has 1 amide bonds.